The number of nitrogens with one attached hydrogen (secondary N) is 1. The summed E-state index contributed by atoms with van der Waals surface area (Å²) < 4.78 is 0.935. The maximum absolute atomic E-state index is 4.29. The molecule has 1 aromatic rings. The molecule has 0 aliphatic rings. The van der Waals surface area contributed by atoms with Crippen molar-refractivity contribution in [2.45, 2.75) is 65.2 Å². The number of rotatable bonds is 10. The molecule has 0 aromatic carbocycles. The van der Waals surface area contributed by atoms with Crippen LogP contribution in [0.25, 0.3) is 0 Å². The Labute approximate surface area is 126 Å². The molecule has 0 unspecified atom stereocenters. The average molecular weight is 327 g/mol. The van der Waals surface area contributed by atoms with Crippen molar-refractivity contribution in [3.63, 3.8) is 0 Å². The zero-order chi connectivity index (χ0) is 13.9. The first kappa shape index (κ1) is 16.5. The van der Waals surface area contributed by atoms with Gasteiger partial charge in [0, 0.05) is 6.54 Å². The molecular formula is C16H27BrN2. The first-order valence-electron chi connectivity index (χ1n) is 7.60. The Morgan fingerprint density at radius 3 is 2.32 bits per heavy atom. The van der Waals surface area contributed by atoms with E-state index < -0.39 is 0 Å². The second kappa shape index (κ2) is 10.2. The first-order chi connectivity index (χ1) is 9.24. The Kier molecular flexibility index (Phi) is 8.89. The van der Waals surface area contributed by atoms with Gasteiger partial charge in [-0.1, -0.05) is 51.9 Å². The van der Waals surface area contributed by atoms with E-state index in [4.69, 9.17) is 0 Å². The lowest BCUT2D eigenvalue weighted by atomic mass is 10.1. The molecule has 3 heteroatoms. The van der Waals surface area contributed by atoms with Crippen LogP contribution in [0.1, 0.15) is 63.9 Å². The molecule has 19 heavy (non-hydrogen) atoms. The van der Waals surface area contributed by atoms with E-state index in [1.54, 1.807) is 0 Å². The monoisotopic (exact) mass is 326 g/mol. The lowest BCUT2D eigenvalue weighted by Gasteiger charge is -2.07. The second-order valence-electron chi connectivity index (χ2n) is 5.23. The number of nitrogens with zero attached hydrogens (tertiary/aromatic N) is 1. The third kappa shape index (κ3) is 7.56. The van der Waals surface area contributed by atoms with Crippen LogP contribution in [0.3, 0.4) is 0 Å². The number of unbranched alkanes of at least 4 members (excludes halogenated alkanes) is 7. The maximum atomic E-state index is 4.29. The molecule has 1 rings (SSSR count). The number of halogens is 1. The second-order valence-corrected chi connectivity index (χ2v) is 5.98. The van der Waals surface area contributed by atoms with Crippen molar-refractivity contribution in [3.05, 3.63) is 22.4 Å². The van der Waals surface area contributed by atoms with E-state index in [0.717, 1.165) is 16.8 Å². The highest BCUT2D eigenvalue weighted by atomic mass is 79.9. The average Bonchev–Trinajstić information content (AvgIpc) is 2.41. The van der Waals surface area contributed by atoms with Crippen molar-refractivity contribution in [1.82, 2.24) is 4.98 Å². The molecule has 0 saturated carbocycles. The zero-order valence-corrected chi connectivity index (χ0v) is 13.9. The molecule has 0 aliphatic heterocycles. The van der Waals surface area contributed by atoms with Gasteiger partial charge < -0.3 is 5.32 Å². The molecule has 0 aliphatic carbocycles. The van der Waals surface area contributed by atoms with Gasteiger partial charge in [0.15, 0.2) is 0 Å². The van der Waals surface area contributed by atoms with Crippen molar-refractivity contribution in [3.8, 4) is 0 Å². The van der Waals surface area contributed by atoms with E-state index in [1.165, 1.54) is 56.9 Å². The predicted octanol–water partition coefficient (Wildman–Crippen LogP) is 5.71. The summed E-state index contributed by atoms with van der Waals surface area (Å²) >= 11 is 3.42. The van der Waals surface area contributed by atoms with Crippen LogP contribution in [-0.4, -0.2) is 11.5 Å². The quantitative estimate of drug-likeness (QED) is 0.440. The van der Waals surface area contributed by atoms with E-state index in [2.05, 4.69) is 46.1 Å². The van der Waals surface area contributed by atoms with Gasteiger partial charge in [0.25, 0.3) is 0 Å². The van der Waals surface area contributed by atoms with Crippen LogP contribution in [0.5, 0.6) is 0 Å². The highest BCUT2D eigenvalue weighted by molar-refractivity contribution is 9.10. The minimum absolute atomic E-state index is 0.935. The van der Waals surface area contributed by atoms with Crippen molar-refractivity contribution in [2.75, 3.05) is 11.9 Å². The van der Waals surface area contributed by atoms with Gasteiger partial charge in [0.2, 0.25) is 0 Å². The topological polar surface area (TPSA) is 24.9 Å². The van der Waals surface area contributed by atoms with Crippen LogP contribution in [0, 0.1) is 6.92 Å². The molecule has 1 heterocycles. The Hall–Kier alpha value is -0.570. The van der Waals surface area contributed by atoms with E-state index >= 15 is 0 Å². The standard InChI is InChI=1S/C16H27BrN2/c1-3-4-5-6-7-8-9-10-11-18-15-12-14(2)16(17)19-13-15/h12-13,18H,3-11H2,1-2H3. The number of hydrogen-bond donors (Lipinski definition) is 1. The molecule has 1 aromatic heterocycles. The molecule has 0 fully saturated rings. The van der Waals surface area contributed by atoms with Crippen LogP contribution in [-0.2, 0) is 0 Å². The van der Waals surface area contributed by atoms with Crippen LogP contribution >= 0.6 is 15.9 Å². The molecule has 0 radical (unpaired) electrons. The van der Waals surface area contributed by atoms with Gasteiger partial charge in [-0.05, 0) is 40.9 Å². The minimum Gasteiger partial charge on any atom is -0.384 e. The smallest absolute Gasteiger partial charge is 0.109 e. The molecule has 0 amide bonds. The molecule has 0 atom stereocenters. The van der Waals surface area contributed by atoms with Crippen molar-refractivity contribution in [1.29, 1.82) is 0 Å². The third-order valence-electron chi connectivity index (χ3n) is 3.37. The summed E-state index contributed by atoms with van der Waals surface area (Å²) in [6, 6.07) is 2.14. The summed E-state index contributed by atoms with van der Waals surface area (Å²) in [5.41, 5.74) is 2.31. The number of hydrogen-bond acceptors (Lipinski definition) is 2. The van der Waals surface area contributed by atoms with Crippen LogP contribution in [0.15, 0.2) is 16.9 Å². The Balaban J connectivity index is 2.00. The summed E-state index contributed by atoms with van der Waals surface area (Å²) in [5.74, 6) is 0. The van der Waals surface area contributed by atoms with E-state index in [1.807, 2.05) is 6.20 Å². The largest absolute Gasteiger partial charge is 0.384 e. The van der Waals surface area contributed by atoms with Gasteiger partial charge in [-0.3, -0.25) is 0 Å². The predicted molar refractivity (Wildman–Crippen MR) is 87.8 cm³/mol. The molecule has 1 N–H and O–H groups in total. The third-order valence-corrected chi connectivity index (χ3v) is 4.20. The summed E-state index contributed by atoms with van der Waals surface area (Å²) in [4.78, 5) is 4.29. The number of pyridine rings is 1. The number of aromatic nitrogens is 1. The van der Waals surface area contributed by atoms with Gasteiger partial charge in [-0.2, -0.15) is 0 Å². The fraction of sp³-hybridized carbons (Fsp3) is 0.688. The van der Waals surface area contributed by atoms with E-state index in [-0.39, 0.29) is 0 Å². The molecular weight excluding hydrogens is 300 g/mol. The van der Waals surface area contributed by atoms with Crippen molar-refractivity contribution in [2.24, 2.45) is 0 Å². The van der Waals surface area contributed by atoms with Crippen LogP contribution < -0.4 is 5.32 Å². The van der Waals surface area contributed by atoms with Crippen LogP contribution in [0.4, 0.5) is 5.69 Å². The minimum atomic E-state index is 0.935. The van der Waals surface area contributed by atoms with Crippen LogP contribution in [0.2, 0.25) is 0 Å². The Morgan fingerprint density at radius 2 is 1.68 bits per heavy atom. The van der Waals surface area contributed by atoms with Crippen molar-refractivity contribution >= 4 is 21.6 Å². The van der Waals surface area contributed by atoms with E-state index in [0.29, 0.717) is 0 Å². The Bertz CT molecular complexity index is 353. The molecule has 0 bridgehead atoms. The summed E-state index contributed by atoms with van der Waals surface area (Å²) in [7, 11) is 0. The first-order valence-corrected chi connectivity index (χ1v) is 8.39. The molecule has 108 valence electrons. The van der Waals surface area contributed by atoms with Gasteiger partial charge in [-0.15, -0.1) is 0 Å². The summed E-state index contributed by atoms with van der Waals surface area (Å²) in [5, 5.41) is 3.44. The molecule has 2 nitrogen and oxygen atoms in total. The molecule has 0 spiro atoms. The normalized spacial score (nSPS) is 10.7. The highest BCUT2D eigenvalue weighted by Crippen LogP contribution is 2.16. The van der Waals surface area contributed by atoms with Gasteiger partial charge in [0.05, 0.1) is 11.9 Å². The van der Waals surface area contributed by atoms with Gasteiger partial charge in [0.1, 0.15) is 4.60 Å². The highest BCUT2D eigenvalue weighted by Gasteiger charge is 1.98. The fourth-order valence-corrected chi connectivity index (χ4v) is 2.36. The SMILES string of the molecule is CCCCCCCCCCNc1cnc(Br)c(C)c1. The lowest BCUT2D eigenvalue weighted by molar-refractivity contribution is 0.581. The van der Waals surface area contributed by atoms with Crippen molar-refractivity contribution < 1.29 is 0 Å². The number of aryl methyl sites for hydroxylation is 1. The number of anilines is 1. The summed E-state index contributed by atoms with van der Waals surface area (Å²) in [6.45, 7) is 5.39. The maximum Gasteiger partial charge on any atom is 0.109 e. The summed E-state index contributed by atoms with van der Waals surface area (Å²) in [6.07, 6.45) is 12.8. The van der Waals surface area contributed by atoms with Gasteiger partial charge in [-0.25, -0.2) is 4.98 Å². The molecule has 0 saturated heterocycles. The zero-order valence-electron chi connectivity index (χ0n) is 12.3. The Morgan fingerprint density at radius 1 is 1.05 bits per heavy atom. The lowest BCUT2D eigenvalue weighted by Crippen LogP contribution is -2.02. The van der Waals surface area contributed by atoms with E-state index in [9.17, 15) is 0 Å². The fourth-order valence-electron chi connectivity index (χ4n) is 2.15. The van der Waals surface area contributed by atoms with Gasteiger partial charge >= 0.3 is 0 Å².